The summed E-state index contributed by atoms with van der Waals surface area (Å²) in [5.74, 6) is 0. The molecule has 1 aromatic rings. The van der Waals surface area contributed by atoms with Crippen molar-refractivity contribution in [3.05, 3.63) is 33.3 Å². The summed E-state index contributed by atoms with van der Waals surface area (Å²) in [5, 5.41) is 4.31. The highest BCUT2D eigenvalue weighted by Crippen LogP contribution is 2.35. The Morgan fingerprint density at radius 3 is 2.79 bits per heavy atom. The average molecular weight is 275 g/mol. The Balaban J connectivity index is 2.02. The SMILES string of the molecule is CC1(NCc2ccc(Cl)cc2Br)CC1. The van der Waals surface area contributed by atoms with Crippen LogP contribution in [0.1, 0.15) is 25.3 Å². The number of halogens is 2. The van der Waals surface area contributed by atoms with Gasteiger partial charge in [-0.05, 0) is 37.5 Å². The predicted octanol–water partition coefficient (Wildman–Crippen LogP) is 3.74. The van der Waals surface area contributed by atoms with E-state index in [1.807, 2.05) is 12.1 Å². The first-order valence-electron chi connectivity index (χ1n) is 4.78. The van der Waals surface area contributed by atoms with Gasteiger partial charge in [0, 0.05) is 21.6 Å². The molecule has 0 heterocycles. The van der Waals surface area contributed by atoms with E-state index in [1.165, 1.54) is 18.4 Å². The zero-order valence-corrected chi connectivity index (χ0v) is 10.5. The molecule has 1 saturated carbocycles. The number of hydrogen-bond donors (Lipinski definition) is 1. The van der Waals surface area contributed by atoms with Crippen molar-refractivity contribution in [2.45, 2.75) is 31.8 Å². The monoisotopic (exact) mass is 273 g/mol. The molecule has 1 aliphatic carbocycles. The molecule has 0 amide bonds. The zero-order valence-electron chi connectivity index (χ0n) is 8.11. The van der Waals surface area contributed by atoms with E-state index in [1.54, 1.807) is 0 Å². The van der Waals surface area contributed by atoms with E-state index in [0.717, 1.165) is 16.0 Å². The molecule has 1 aliphatic rings. The summed E-state index contributed by atoms with van der Waals surface area (Å²) in [5.41, 5.74) is 1.65. The van der Waals surface area contributed by atoms with Crippen molar-refractivity contribution in [3.63, 3.8) is 0 Å². The molecule has 0 aliphatic heterocycles. The van der Waals surface area contributed by atoms with Crippen LogP contribution in [0.3, 0.4) is 0 Å². The predicted molar refractivity (Wildman–Crippen MR) is 63.6 cm³/mol. The van der Waals surface area contributed by atoms with Crippen molar-refractivity contribution in [2.75, 3.05) is 0 Å². The van der Waals surface area contributed by atoms with Crippen molar-refractivity contribution < 1.29 is 0 Å². The normalized spacial score (nSPS) is 18.2. The van der Waals surface area contributed by atoms with Crippen LogP contribution in [0.4, 0.5) is 0 Å². The summed E-state index contributed by atoms with van der Waals surface area (Å²) in [4.78, 5) is 0. The Labute approximate surface area is 98.0 Å². The van der Waals surface area contributed by atoms with Crippen molar-refractivity contribution in [1.82, 2.24) is 5.32 Å². The van der Waals surface area contributed by atoms with Crippen LogP contribution < -0.4 is 5.32 Å². The Kier molecular flexibility index (Phi) is 2.87. The van der Waals surface area contributed by atoms with Crippen LogP contribution in [0.25, 0.3) is 0 Å². The molecule has 2 rings (SSSR count). The van der Waals surface area contributed by atoms with Crippen molar-refractivity contribution >= 4 is 27.5 Å². The highest BCUT2D eigenvalue weighted by atomic mass is 79.9. The minimum absolute atomic E-state index is 0.388. The lowest BCUT2D eigenvalue weighted by Crippen LogP contribution is -2.27. The molecule has 3 heteroatoms. The quantitative estimate of drug-likeness (QED) is 0.885. The molecule has 14 heavy (non-hydrogen) atoms. The second-order valence-electron chi connectivity index (χ2n) is 4.15. The van der Waals surface area contributed by atoms with Gasteiger partial charge in [-0.3, -0.25) is 0 Å². The first kappa shape index (κ1) is 10.5. The van der Waals surface area contributed by atoms with Crippen molar-refractivity contribution in [3.8, 4) is 0 Å². The molecular formula is C11H13BrClN. The van der Waals surface area contributed by atoms with Crippen LogP contribution in [-0.2, 0) is 6.54 Å². The molecule has 0 radical (unpaired) electrons. The van der Waals surface area contributed by atoms with Gasteiger partial charge in [0.25, 0.3) is 0 Å². The lowest BCUT2D eigenvalue weighted by molar-refractivity contribution is 0.537. The standard InChI is InChI=1S/C11H13BrClN/c1-11(4-5-11)14-7-8-2-3-9(13)6-10(8)12/h2-3,6,14H,4-5,7H2,1H3. The smallest absolute Gasteiger partial charge is 0.0417 e. The molecule has 0 atom stereocenters. The summed E-state index contributed by atoms with van der Waals surface area (Å²) in [6.45, 7) is 3.17. The third-order valence-electron chi connectivity index (χ3n) is 2.72. The van der Waals surface area contributed by atoms with Crippen LogP contribution in [-0.4, -0.2) is 5.54 Å². The van der Waals surface area contributed by atoms with E-state index in [9.17, 15) is 0 Å². The summed E-state index contributed by atoms with van der Waals surface area (Å²) in [7, 11) is 0. The fraction of sp³-hybridized carbons (Fsp3) is 0.455. The van der Waals surface area contributed by atoms with Crippen LogP contribution in [0.2, 0.25) is 5.02 Å². The van der Waals surface area contributed by atoms with Gasteiger partial charge in [-0.1, -0.05) is 33.6 Å². The number of benzene rings is 1. The summed E-state index contributed by atoms with van der Waals surface area (Å²) in [6, 6.07) is 5.93. The molecule has 0 saturated heterocycles. The van der Waals surface area contributed by atoms with E-state index >= 15 is 0 Å². The second kappa shape index (κ2) is 3.84. The minimum Gasteiger partial charge on any atom is -0.307 e. The number of rotatable bonds is 3. The topological polar surface area (TPSA) is 12.0 Å². The van der Waals surface area contributed by atoms with Crippen LogP contribution in [0.5, 0.6) is 0 Å². The summed E-state index contributed by atoms with van der Waals surface area (Å²) >= 11 is 9.38. The Morgan fingerprint density at radius 2 is 2.21 bits per heavy atom. The highest BCUT2D eigenvalue weighted by Gasteiger charge is 2.36. The maximum absolute atomic E-state index is 5.87. The van der Waals surface area contributed by atoms with Crippen LogP contribution in [0.15, 0.2) is 22.7 Å². The van der Waals surface area contributed by atoms with Crippen LogP contribution >= 0.6 is 27.5 Å². The van der Waals surface area contributed by atoms with Gasteiger partial charge in [0.1, 0.15) is 0 Å². The fourth-order valence-corrected chi connectivity index (χ4v) is 2.16. The highest BCUT2D eigenvalue weighted by molar-refractivity contribution is 9.10. The van der Waals surface area contributed by atoms with Gasteiger partial charge in [-0.25, -0.2) is 0 Å². The lowest BCUT2D eigenvalue weighted by atomic mass is 10.2. The fourth-order valence-electron chi connectivity index (χ4n) is 1.34. The number of nitrogens with one attached hydrogen (secondary N) is 1. The third kappa shape index (κ3) is 2.50. The van der Waals surface area contributed by atoms with Crippen molar-refractivity contribution in [1.29, 1.82) is 0 Å². The maximum atomic E-state index is 5.87. The Morgan fingerprint density at radius 1 is 1.50 bits per heavy atom. The van der Waals surface area contributed by atoms with Gasteiger partial charge in [0.05, 0.1) is 0 Å². The zero-order chi connectivity index (χ0) is 10.2. The molecule has 0 spiro atoms. The van der Waals surface area contributed by atoms with E-state index in [0.29, 0.717) is 5.54 Å². The van der Waals surface area contributed by atoms with Gasteiger partial charge in [0.2, 0.25) is 0 Å². The maximum Gasteiger partial charge on any atom is 0.0417 e. The first-order chi connectivity index (χ1) is 6.59. The van der Waals surface area contributed by atoms with Crippen molar-refractivity contribution in [2.24, 2.45) is 0 Å². The van der Waals surface area contributed by atoms with E-state index in [2.05, 4.69) is 34.2 Å². The lowest BCUT2D eigenvalue weighted by Gasteiger charge is -2.12. The Hall–Kier alpha value is -0.0500. The molecule has 1 nitrogen and oxygen atoms in total. The first-order valence-corrected chi connectivity index (χ1v) is 5.95. The van der Waals surface area contributed by atoms with E-state index in [4.69, 9.17) is 11.6 Å². The second-order valence-corrected chi connectivity index (χ2v) is 5.44. The number of hydrogen-bond acceptors (Lipinski definition) is 1. The molecule has 0 unspecified atom stereocenters. The van der Waals surface area contributed by atoms with E-state index < -0.39 is 0 Å². The summed E-state index contributed by atoms with van der Waals surface area (Å²) in [6.07, 6.45) is 2.58. The largest absolute Gasteiger partial charge is 0.307 e. The molecule has 1 aromatic carbocycles. The van der Waals surface area contributed by atoms with Gasteiger partial charge in [0.15, 0.2) is 0 Å². The molecular weight excluding hydrogens is 261 g/mol. The van der Waals surface area contributed by atoms with Gasteiger partial charge < -0.3 is 5.32 Å². The molecule has 0 aromatic heterocycles. The minimum atomic E-state index is 0.388. The summed E-state index contributed by atoms with van der Waals surface area (Å²) < 4.78 is 1.08. The van der Waals surface area contributed by atoms with Gasteiger partial charge >= 0.3 is 0 Å². The van der Waals surface area contributed by atoms with Gasteiger partial charge in [-0.15, -0.1) is 0 Å². The molecule has 76 valence electrons. The molecule has 0 bridgehead atoms. The van der Waals surface area contributed by atoms with E-state index in [-0.39, 0.29) is 0 Å². The van der Waals surface area contributed by atoms with Crippen LogP contribution in [0, 0.1) is 0 Å². The average Bonchev–Trinajstić information content (AvgIpc) is 2.83. The molecule has 1 N–H and O–H groups in total. The Bertz CT molecular complexity index is 347. The van der Waals surface area contributed by atoms with Gasteiger partial charge in [-0.2, -0.15) is 0 Å². The third-order valence-corrected chi connectivity index (χ3v) is 3.69. The molecule has 1 fully saturated rings.